The summed E-state index contributed by atoms with van der Waals surface area (Å²) in [4.78, 5) is 15.6. The van der Waals surface area contributed by atoms with E-state index in [9.17, 15) is 4.79 Å². The van der Waals surface area contributed by atoms with Gasteiger partial charge in [0.25, 0.3) is 5.91 Å². The van der Waals surface area contributed by atoms with Crippen molar-refractivity contribution in [2.75, 3.05) is 13.2 Å². The smallest absolute Gasteiger partial charge is 0.273 e. The highest BCUT2D eigenvalue weighted by Crippen LogP contribution is 2.17. The molecule has 1 aromatic rings. The average Bonchev–Trinajstić information content (AvgIpc) is 2.99. The maximum absolute atomic E-state index is 11.7. The van der Waals surface area contributed by atoms with Gasteiger partial charge in [0, 0.05) is 13.2 Å². The summed E-state index contributed by atoms with van der Waals surface area (Å²) >= 11 is 0. The van der Waals surface area contributed by atoms with Crippen LogP contribution >= 0.6 is 0 Å². The quantitative estimate of drug-likeness (QED) is 0.787. The van der Waals surface area contributed by atoms with Gasteiger partial charge in [-0.15, -0.1) is 0 Å². The molecule has 1 unspecified atom stereocenters. The standard InChI is InChI=1S/C13H20N2O3/c1-10-12(15-9-18-10)13(16)14-7-3-2-5-11-6-4-8-17-11/h9,11H,2-8H2,1H3,(H,14,16). The van der Waals surface area contributed by atoms with Gasteiger partial charge in [0.1, 0.15) is 5.76 Å². The number of nitrogens with one attached hydrogen (secondary N) is 1. The van der Waals surface area contributed by atoms with Crippen LogP contribution in [0.25, 0.3) is 0 Å². The first-order valence-electron chi connectivity index (χ1n) is 6.57. The summed E-state index contributed by atoms with van der Waals surface area (Å²) in [6, 6.07) is 0. The predicted molar refractivity (Wildman–Crippen MR) is 66.4 cm³/mol. The van der Waals surface area contributed by atoms with Crippen LogP contribution in [0.5, 0.6) is 0 Å². The van der Waals surface area contributed by atoms with Gasteiger partial charge in [-0.3, -0.25) is 4.79 Å². The molecule has 0 spiro atoms. The first-order chi connectivity index (χ1) is 8.77. The Morgan fingerprint density at radius 3 is 3.11 bits per heavy atom. The van der Waals surface area contributed by atoms with Crippen molar-refractivity contribution >= 4 is 5.91 Å². The van der Waals surface area contributed by atoms with Crippen LogP contribution in [-0.2, 0) is 4.74 Å². The molecule has 1 fully saturated rings. The fourth-order valence-electron chi connectivity index (χ4n) is 2.18. The summed E-state index contributed by atoms with van der Waals surface area (Å²) < 4.78 is 10.5. The molecule has 0 aromatic carbocycles. The summed E-state index contributed by atoms with van der Waals surface area (Å²) in [6.07, 6.45) is 7.27. The molecule has 1 N–H and O–H groups in total. The Hall–Kier alpha value is -1.36. The largest absolute Gasteiger partial charge is 0.448 e. The normalized spacial score (nSPS) is 19.1. The van der Waals surface area contributed by atoms with Crippen molar-refractivity contribution in [3.8, 4) is 0 Å². The van der Waals surface area contributed by atoms with Gasteiger partial charge < -0.3 is 14.5 Å². The molecule has 1 aliphatic rings. The molecule has 0 radical (unpaired) electrons. The fourth-order valence-corrected chi connectivity index (χ4v) is 2.18. The van der Waals surface area contributed by atoms with Crippen molar-refractivity contribution in [2.45, 2.75) is 45.1 Å². The number of hydrogen-bond donors (Lipinski definition) is 1. The highest BCUT2D eigenvalue weighted by Gasteiger charge is 2.15. The van der Waals surface area contributed by atoms with Crippen molar-refractivity contribution < 1.29 is 13.9 Å². The van der Waals surface area contributed by atoms with Gasteiger partial charge in [0.15, 0.2) is 12.1 Å². The van der Waals surface area contributed by atoms with Gasteiger partial charge in [-0.1, -0.05) is 0 Å². The molecular formula is C13H20N2O3. The van der Waals surface area contributed by atoms with Gasteiger partial charge in [-0.05, 0) is 39.0 Å². The van der Waals surface area contributed by atoms with Gasteiger partial charge in [0.05, 0.1) is 6.10 Å². The SMILES string of the molecule is Cc1ocnc1C(=O)NCCCCC1CCCO1. The number of aromatic nitrogens is 1. The molecule has 18 heavy (non-hydrogen) atoms. The molecule has 2 rings (SSSR count). The number of carbonyl (C=O) groups excluding carboxylic acids is 1. The highest BCUT2D eigenvalue weighted by atomic mass is 16.5. The zero-order valence-corrected chi connectivity index (χ0v) is 10.8. The van der Waals surface area contributed by atoms with Crippen molar-refractivity contribution in [1.29, 1.82) is 0 Å². The second-order valence-electron chi connectivity index (χ2n) is 4.64. The number of hydrogen-bond acceptors (Lipinski definition) is 4. The molecule has 1 amide bonds. The predicted octanol–water partition coefficient (Wildman–Crippen LogP) is 2.06. The molecule has 1 saturated heterocycles. The average molecular weight is 252 g/mol. The van der Waals surface area contributed by atoms with Gasteiger partial charge in [-0.25, -0.2) is 4.98 Å². The minimum absolute atomic E-state index is 0.154. The monoisotopic (exact) mass is 252 g/mol. The number of nitrogens with zero attached hydrogens (tertiary/aromatic N) is 1. The number of amides is 1. The van der Waals surface area contributed by atoms with Crippen LogP contribution in [0, 0.1) is 6.92 Å². The Bertz CT molecular complexity index is 383. The molecule has 0 saturated carbocycles. The van der Waals surface area contributed by atoms with E-state index in [-0.39, 0.29) is 5.91 Å². The van der Waals surface area contributed by atoms with E-state index in [0.717, 1.165) is 25.9 Å². The highest BCUT2D eigenvalue weighted by molar-refractivity contribution is 5.92. The maximum atomic E-state index is 11.7. The molecule has 2 heterocycles. The molecule has 0 bridgehead atoms. The lowest BCUT2D eigenvalue weighted by molar-refractivity contribution is 0.0941. The Labute approximate surface area is 107 Å². The molecular weight excluding hydrogens is 232 g/mol. The number of aryl methyl sites for hydroxylation is 1. The molecule has 100 valence electrons. The molecule has 1 aliphatic heterocycles. The zero-order valence-electron chi connectivity index (χ0n) is 10.8. The van der Waals surface area contributed by atoms with Crippen LogP contribution in [-0.4, -0.2) is 30.1 Å². The number of oxazole rings is 1. The van der Waals surface area contributed by atoms with E-state index in [4.69, 9.17) is 9.15 Å². The van der Waals surface area contributed by atoms with E-state index in [1.54, 1.807) is 6.92 Å². The molecule has 0 aliphatic carbocycles. The Morgan fingerprint density at radius 1 is 1.56 bits per heavy atom. The van der Waals surface area contributed by atoms with Crippen LogP contribution in [0.1, 0.15) is 48.4 Å². The van der Waals surface area contributed by atoms with Gasteiger partial charge >= 0.3 is 0 Å². The third kappa shape index (κ3) is 3.57. The first-order valence-corrected chi connectivity index (χ1v) is 6.57. The van der Waals surface area contributed by atoms with Crippen molar-refractivity contribution in [1.82, 2.24) is 10.3 Å². The molecule has 1 aromatic heterocycles. The Kier molecular flexibility index (Phi) is 4.75. The van der Waals surface area contributed by atoms with E-state index >= 15 is 0 Å². The number of rotatable bonds is 6. The van der Waals surface area contributed by atoms with E-state index in [0.29, 0.717) is 24.1 Å². The minimum atomic E-state index is -0.154. The Balaban J connectivity index is 1.58. The lowest BCUT2D eigenvalue weighted by Crippen LogP contribution is -2.25. The second kappa shape index (κ2) is 6.54. The minimum Gasteiger partial charge on any atom is -0.448 e. The third-order valence-corrected chi connectivity index (χ3v) is 3.22. The van der Waals surface area contributed by atoms with E-state index < -0.39 is 0 Å². The van der Waals surface area contributed by atoms with Crippen molar-refractivity contribution in [3.05, 3.63) is 17.8 Å². The summed E-state index contributed by atoms with van der Waals surface area (Å²) in [5.74, 6) is 0.408. The third-order valence-electron chi connectivity index (χ3n) is 3.22. The van der Waals surface area contributed by atoms with Crippen LogP contribution < -0.4 is 5.32 Å². The topological polar surface area (TPSA) is 64.4 Å². The summed E-state index contributed by atoms with van der Waals surface area (Å²) in [5.41, 5.74) is 0.383. The van der Waals surface area contributed by atoms with E-state index in [1.165, 1.54) is 19.2 Å². The summed E-state index contributed by atoms with van der Waals surface area (Å²) in [7, 11) is 0. The van der Waals surface area contributed by atoms with Crippen LogP contribution in [0.15, 0.2) is 10.8 Å². The van der Waals surface area contributed by atoms with E-state index in [2.05, 4.69) is 10.3 Å². The lowest BCUT2D eigenvalue weighted by atomic mass is 10.1. The van der Waals surface area contributed by atoms with Crippen molar-refractivity contribution in [2.24, 2.45) is 0 Å². The molecule has 5 heteroatoms. The van der Waals surface area contributed by atoms with Gasteiger partial charge in [-0.2, -0.15) is 0 Å². The number of unbranched alkanes of at least 4 members (excludes halogenated alkanes) is 1. The second-order valence-corrected chi connectivity index (χ2v) is 4.64. The fraction of sp³-hybridized carbons (Fsp3) is 0.692. The Morgan fingerprint density at radius 2 is 2.44 bits per heavy atom. The molecule has 5 nitrogen and oxygen atoms in total. The zero-order chi connectivity index (χ0) is 12.8. The first kappa shape index (κ1) is 13.1. The maximum Gasteiger partial charge on any atom is 0.273 e. The van der Waals surface area contributed by atoms with Crippen LogP contribution in [0.3, 0.4) is 0 Å². The number of carbonyl (C=O) groups is 1. The van der Waals surface area contributed by atoms with Gasteiger partial charge in [0.2, 0.25) is 0 Å². The molecule has 1 atom stereocenters. The lowest BCUT2D eigenvalue weighted by Gasteiger charge is -2.08. The number of ether oxygens (including phenoxy) is 1. The van der Waals surface area contributed by atoms with Crippen LogP contribution in [0.2, 0.25) is 0 Å². The summed E-state index contributed by atoms with van der Waals surface area (Å²) in [6.45, 7) is 3.32. The van der Waals surface area contributed by atoms with Crippen molar-refractivity contribution in [3.63, 3.8) is 0 Å². The van der Waals surface area contributed by atoms with Crippen LogP contribution in [0.4, 0.5) is 0 Å². The van der Waals surface area contributed by atoms with E-state index in [1.807, 2.05) is 0 Å². The summed E-state index contributed by atoms with van der Waals surface area (Å²) in [5, 5.41) is 2.85.